The zero-order valence-electron chi connectivity index (χ0n) is 11.8. The number of hydrogen-bond donors (Lipinski definition) is 1. The quantitative estimate of drug-likeness (QED) is 0.775. The molecule has 18 heavy (non-hydrogen) atoms. The second-order valence-corrected chi connectivity index (χ2v) is 6.45. The second kappa shape index (κ2) is 6.70. The summed E-state index contributed by atoms with van der Waals surface area (Å²) in [6, 6.07) is 0. The van der Waals surface area contributed by atoms with Gasteiger partial charge in [0.15, 0.2) is 0 Å². The minimum atomic E-state index is -0.147. The van der Waals surface area contributed by atoms with Crippen molar-refractivity contribution in [2.75, 3.05) is 6.54 Å². The molecule has 0 radical (unpaired) electrons. The molecule has 2 aliphatic rings. The molecule has 0 spiro atoms. The van der Waals surface area contributed by atoms with Gasteiger partial charge in [0.2, 0.25) is 0 Å². The van der Waals surface area contributed by atoms with Crippen LogP contribution in [0.3, 0.4) is 0 Å². The Labute approximate surface area is 112 Å². The Morgan fingerprint density at radius 2 is 1.39 bits per heavy atom. The summed E-state index contributed by atoms with van der Waals surface area (Å²) in [4.78, 5) is 12.9. The van der Waals surface area contributed by atoms with E-state index in [1.807, 2.05) is 0 Å². The average molecular weight is 251 g/mol. The molecule has 0 aromatic carbocycles. The molecule has 0 aromatic heterocycles. The molecule has 2 fully saturated rings. The van der Waals surface area contributed by atoms with Crippen molar-refractivity contribution < 1.29 is 4.79 Å². The van der Waals surface area contributed by atoms with Gasteiger partial charge in [-0.1, -0.05) is 51.4 Å². The summed E-state index contributed by atoms with van der Waals surface area (Å²) < 4.78 is 0. The zero-order valence-corrected chi connectivity index (χ0v) is 11.8. The average Bonchev–Trinajstić information content (AvgIpc) is 2.81. The van der Waals surface area contributed by atoms with Crippen LogP contribution in [0.25, 0.3) is 0 Å². The summed E-state index contributed by atoms with van der Waals surface area (Å²) in [5, 5.41) is 0. The minimum absolute atomic E-state index is 0.147. The van der Waals surface area contributed by atoms with Gasteiger partial charge >= 0.3 is 0 Å². The maximum absolute atomic E-state index is 12.9. The molecule has 104 valence electrons. The van der Waals surface area contributed by atoms with E-state index in [4.69, 9.17) is 5.73 Å². The van der Waals surface area contributed by atoms with Crippen molar-refractivity contribution in [3.63, 3.8) is 0 Å². The number of carbonyl (C=O) groups is 1. The van der Waals surface area contributed by atoms with Crippen molar-refractivity contribution >= 4 is 5.78 Å². The summed E-state index contributed by atoms with van der Waals surface area (Å²) >= 11 is 0. The monoisotopic (exact) mass is 251 g/mol. The van der Waals surface area contributed by atoms with Crippen molar-refractivity contribution in [1.82, 2.24) is 0 Å². The van der Waals surface area contributed by atoms with Crippen LogP contribution in [0.5, 0.6) is 0 Å². The Morgan fingerprint density at radius 1 is 0.889 bits per heavy atom. The number of hydrogen-bond acceptors (Lipinski definition) is 2. The van der Waals surface area contributed by atoms with E-state index in [2.05, 4.69) is 0 Å². The third-order valence-electron chi connectivity index (χ3n) is 5.20. The van der Waals surface area contributed by atoms with Crippen molar-refractivity contribution in [3.8, 4) is 0 Å². The van der Waals surface area contributed by atoms with Gasteiger partial charge < -0.3 is 5.73 Å². The Morgan fingerprint density at radius 3 is 1.89 bits per heavy atom. The van der Waals surface area contributed by atoms with Gasteiger partial charge in [-0.25, -0.2) is 0 Å². The zero-order chi connectivity index (χ0) is 12.8. The molecule has 2 heteroatoms. The SMILES string of the molecule is NCC1(C(=O)C2CCCCCC2)CCCCCC1. The highest BCUT2D eigenvalue weighted by Crippen LogP contribution is 2.39. The van der Waals surface area contributed by atoms with Crippen LogP contribution in [0.1, 0.15) is 77.0 Å². The molecule has 0 saturated heterocycles. The Kier molecular flexibility index (Phi) is 5.23. The van der Waals surface area contributed by atoms with E-state index in [9.17, 15) is 4.79 Å². The van der Waals surface area contributed by atoms with Crippen LogP contribution in [-0.4, -0.2) is 12.3 Å². The normalized spacial score (nSPS) is 26.3. The summed E-state index contributed by atoms with van der Waals surface area (Å²) in [5.41, 5.74) is 5.89. The predicted molar refractivity (Wildman–Crippen MR) is 75.4 cm³/mol. The number of Topliss-reactive ketones (excluding diaryl/α,β-unsaturated/α-hetero) is 1. The third-order valence-corrected chi connectivity index (χ3v) is 5.20. The van der Waals surface area contributed by atoms with Crippen LogP contribution in [0, 0.1) is 11.3 Å². The fourth-order valence-electron chi connectivity index (χ4n) is 3.93. The molecule has 0 aromatic rings. The lowest BCUT2D eigenvalue weighted by Gasteiger charge is -2.33. The summed E-state index contributed by atoms with van der Waals surface area (Å²) in [6.45, 7) is 0.586. The van der Waals surface area contributed by atoms with Gasteiger partial charge in [0.05, 0.1) is 0 Å². The lowest BCUT2D eigenvalue weighted by molar-refractivity contribution is -0.133. The van der Waals surface area contributed by atoms with Gasteiger partial charge in [-0.3, -0.25) is 4.79 Å². The molecule has 0 aliphatic heterocycles. The highest BCUT2D eigenvalue weighted by atomic mass is 16.1. The molecule has 2 saturated carbocycles. The highest BCUT2D eigenvalue weighted by Gasteiger charge is 2.40. The Bertz CT molecular complexity index is 258. The highest BCUT2D eigenvalue weighted by molar-refractivity contribution is 5.87. The number of ketones is 1. The van der Waals surface area contributed by atoms with E-state index in [1.54, 1.807) is 0 Å². The third kappa shape index (κ3) is 3.14. The molecule has 0 bridgehead atoms. The van der Waals surface area contributed by atoms with Crippen LogP contribution >= 0.6 is 0 Å². The Hall–Kier alpha value is -0.370. The van der Waals surface area contributed by atoms with Gasteiger partial charge in [-0.15, -0.1) is 0 Å². The summed E-state index contributed by atoms with van der Waals surface area (Å²) in [5.74, 6) is 0.864. The summed E-state index contributed by atoms with van der Waals surface area (Å²) in [7, 11) is 0. The van der Waals surface area contributed by atoms with E-state index < -0.39 is 0 Å². The fraction of sp³-hybridized carbons (Fsp3) is 0.938. The molecule has 0 unspecified atom stereocenters. The van der Waals surface area contributed by atoms with Crippen LogP contribution in [0.2, 0.25) is 0 Å². The predicted octanol–water partition coefficient (Wildman–Crippen LogP) is 3.83. The van der Waals surface area contributed by atoms with Gasteiger partial charge in [0.1, 0.15) is 5.78 Å². The molecule has 0 heterocycles. The van der Waals surface area contributed by atoms with Crippen molar-refractivity contribution in [2.24, 2.45) is 17.1 Å². The topological polar surface area (TPSA) is 43.1 Å². The van der Waals surface area contributed by atoms with E-state index >= 15 is 0 Å². The maximum atomic E-state index is 12.9. The molecule has 2 rings (SSSR count). The van der Waals surface area contributed by atoms with E-state index in [0.29, 0.717) is 18.2 Å². The van der Waals surface area contributed by atoms with Crippen molar-refractivity contribution in [1.29, 1.82) is 0 Å². The fourth-order valence-corrected chi connectivity index (χ4v) is 3.93. The van der Waals surface area contributed by atoms with Gasteiger partial charge in [-0.05, 0) is 25.7 Å². The van der Waals surface area contributed by atoms with Crippen LogP contribution in [0.15, 0.2) is 0 Å². The van der Waals surface area contributed by atoms with Crippen molar-refractivity contribution in [3.05, 3.63) is 0 Å². The van der Waals surface area contributed by atoms with Crippen LogP contribution < -0.4 is 5.73 Å². The van der Waals surface area contributed by atoms with E-state index in [0.717, 1.165) is 25.7 Å². The minimum Gasteiger partial charge on any atom is -0.329 e. The molecular formula is C16H29NO. The number of rotatable bonds is 3. The summed E-state index contributed by atoms with van der Waals surface area (Å²) in [6.07, 6.45) is 14.5. The van der Waals surface area contributed by atoms with Crippen LogP contribution in [-0.2, 0) is 4.79 Å². The largest absolute Gasteiger partial charge is 0.329 e. The Balaban J connectivity index is 2.06. The van der Waals surface area contributed by atoms with Crippen LogP contribution in [0.4, 0.5) is 0 Å². The van der Waals surface area contributed by atoms with Crippen molar-refractivity contribution in [2.45, 2.75) is 77.0 Å². The second-order valence-electron chi connectivity index (χ2n) is 6.45. The van der Waals surface area contributed by atoms with Gasteiger partial charge in [0.25, 0.3) is 0 Å². The lowest BCUT2D eigenvalue weighted by Crippen LogP contribution is -2.42. The first-order chi connectivity index (χ1) is 8.78. The van der Waals surface area contributed by atoms with E-state index in [1.165, 1.54) is 51.4 Å². The van der Waals surface area contributed by atoms with E-state index in [-0.39, 0.29) is 5.41 Å². The first-order valence-corrected chi connectivity index (χ1v) is 8.03. The molecule has 0 amide bonds. The lowest BCUT2D eigenvalue weighted by atomic mass is 9.71. The molecular weight excluding hydrogens is 222 g/mol. The molecule has 0 atom stereocenters. The number of carbonyl (C=O) groups excluding carboxylic acids is 1. The molecule has 2 nitrogen and oxygen atoms in total. The maximum Gasteiger partial charge on any atom is 0.143 e. The molecule has 2 aliphatic carbocycles. The first-order valence-electron chi connectivity index (χ1n) is 8.03. The van der Waals surface area contributed by atoms with Gasteiger partial charge in [0, 0.05) is 17.9 Å². The number of nitrogens with two attached hydrogens (primary N) is 1. The first kappa shape index (κ1) is 14.0. The molecule has 2 N–H and O–H groups in total. The smallest absolute Gasteiger partial charge is 0.143 e. The van der Waals surface area contributed by atoms with Gasteiger partial charge in [-0.2, -0.15) is 0 Å². The standard InChI is InChI=1S/C16H29NO/c17-13-16(11-7-3-4-8-12-16)15(18)14-9-5-1-2-6-10-14/h14H,1-13,17H2.